The Morgan fingerprint density at radius 2 is 1.65 bits per heavy atom. The number of aromatic carboxylic acids is 1. The van der Waals surface area contributed by atoms with E-state index in [0.29, 0.717) is 62.0 Å². The fraction of sp³-hybridized carbons (Fsp3) is 0.396. The Hall–Kier alpha value is -6.69. The number of fused-ring (bicyclic) bond motifs is 3. The van der Waals surface area contributed by atoms with Crippen LogP contribution in [0.1, 0.15) is 87.2 Å². The van der Waals surface area contributed by atoms with Gasteiger partial charge in [-0.2, -0.15) is 5.10 Å². The molecule has 3 aliphatic heterocycles. The quantitative estimate of drug-likeness (QED) is 0.0522. The number of rotatable bonds is 17. The highest BCUT2D eigenvalue weighted by atomic mass is 35.5. The predicted molar refractivity (Wildman–Crippen MR) is 266 cm³/mol. The third kappa shape index (κ3) is 9.62. The number of benzene rings is 4. The van der Waals surface area contributed by atoms with Gasteiger partial charge in [-0.05, 0) is 106 Å². The molecule has 4 aromatic carbocycles. The molecule has 2 aromatic heterocycles. The van der Waals surface area contributed by atoms with Crippen molar-refractivity contribution in [1.82, 2.24) is 34.4 Å². The molecule has 2 N–H and O–H groups in total. The molecule has 0 bridgehead atoms. The lowest BCUT2D eigenvalue weighted by atomic mass is 9.98. The van der Waals surface area contributed by atoms with Crippen molar-refractivity contribution >= 4 is 69.1 Å². The first kappa shape index (κ1) is 49.3. The van der Waals surface area contributed by atoms with E-state index in [0.717, 1.165) is 94.2 Å². The minimum atomic E-state index is -1.03. The molecule has 2 fully saturated rings. The average molecular weight is 992 g/mol. The fourth-order valence-electron chi connectivity index (χ4n) is 11.0. The van der Waals surface area contributed by atoms with E-state index < -0.39 is 35.5 Å². The molecule has 4 amide bonds. The lowest BCUT2D eigenvalue weighted by Gasteiger charge is -2.43. The van der Waals surface area contributed by atoms with Crippen LogP contribution in [0.15, 0.2) is 60.7 Å². The minimum Gasteiger partial charge on any atom is -0.493 e. The van der Waals surface area contributed by atoms with Crippen molar-refractivity contribution in [3.8, 4) is 16.9 Å². The van der Waals surface area contributed by atoms with Crippen LogP contribution in [0.3, 0.4) is 0 Å². The van der Waals surface area contributed by atoms with Gasteiger partial charge in [-0.3, -0.25) is 43.9 Å². The standard InChI is InChI=1S/C53H57ClF2N8O7/c1-31(10-15-46(66)57-30-65)64-51(67)40-28-43(56)44(29-41(40)52(64)68)62-18-16-36(17-19-62)61-23-20-60(21-24-61)22-25-63-49-39(13-14-42(54)48(49)47-32(2)58-59(4)33(47)3)38(50(63)53(69)70)8-6-26-71-45-9-5-7-34-27-35(55)11-12-37(34)45/h5,7,9,11-14,27-31,36H,6,8,10,15-26H2,1-4H3,(H,69,70)(H,57,65,66). The van der Waals surface area contributed by atoms with E-state index in [1.54, 1.807) is 13.0 Å². The first-order valence-electron chi connectivity index (χ1n) is 24.2. The Morgan fingerprint density at radius 1 is 0.930 bits per heavy atom. The molecule has 0 aliphatic carbocycles. The van der Waals surface area contributed by atoms with Crippen LogP contribution in [0.4, 0.5) is 14.5 Å². The van der Waals surface area contributed by atoms with Gasteiger partial charge in [-0.25, -0.2) is 13.6 Å². The second-order valence-corrected chi connectivity index (χ2v) is 19.3. The van der Waals surface area contributed by atoms with Crippen LogP contribution in [0.5, 0.6) is 5.75 Å². The summed E-state index contributed by atoms with van der Waals surface area (Å²) in [7, 11) is 1.88. The number of nitrogens with zero attached hydrogens (tertiary/aromatic N) is 7. The normalized spacial score (nSPS) is 16.3. The third-order valence-electron chi connectivity index (χ3n) is 14.7. The first-order chi connectivity index (χ1) is 34.1. The van der Waals surface area contributed by atoms with Crippen molar-refractivity contribution in [2.75, 3.05) is 57.3 Å². The number of imide groups is 2. The van der Waals surface area contributed by atoms with E-state index in [1.165, 1.54) is 18.2 Å². The molecule has 5 heterocycles. The zero-order valence-corrected chi connectivity index (χ0v) is 41.0. The van der Waals surface area contributed by atoms with Crippen molar-refractivity contribution in [3.05, 3.63) is 111 Å². The number of aryl methyl sites for hydroxylation is 3. The van der Waals surface area contributed by atoms with Gasteiger partial charge >= 0.3 is 5.97 Å². The van der Waals surface area contributed by atoms with Gasteiger partial charge < -0.3 is 19.3 Å². The molecule has 0 spiro atoms. The Labute approximate surface area is 414 Å². The molecule has 9 rings (SSSR count). The number of carbonyl (C=O) groups is 5. The Bertz CT molecular complexity index is 3080. The van der Waals surface area contributed by atoms with Crippen LogP contribution in [0.25, 0.3) is 32.8 Å². The third-order valence-corrected chi connectivity index (χ3v) is 15.0. The lowest BCUT2D eigenvalue weighted by molar-refractivity contribution is -0.125. The number of hydrogen-bond acceptors (Lipinski definition) is 10. The minimum absolute atomic E-state index is 0.000456. The first-order valence-corrected chi connectivity index (χ1v) is 24.6. The van der Waals surface area contributed by atoms with E-state index in [-0.39, 0.29) is 53.6 Å². The van der Waals surface area contributed by atoms with Gasteiger partial charge in [0.05, 0.1) is 39.7 Å². The molecular formula is C53H57ClF2N8O7. The molecule has 71 heavy (non-hydrogen) atoms. The molecule has 2 saturated heterocycles. The number of piperidine rings is 1. The lowest BCUT2D eigenvalue weighted by Crippen LogP contribution is -2.53. The van der Waals surface area contributed by atoms with Crippen LogP contribution >= 0.6 is 11.6 Å². The summed E-state index contributed by atoms with van der Waals surface area (Å²) in [5.41, 5.74) is 5.42. The molecule has 372 valence electrons. The van der Waals surface area contributed by atoms with Gasteiger partial charge in [-0.1, -0.05) is 29.8 Å². The molecule has 18 heteroatoms. The van der Waals surface area contributed by atoms with Crippen LogP contribution in [0.2, 0.25) is 5.02 Å². The Morgan fingerprint density at radius 3 is 2.34 bits per heavy atom. The van der Waals surface area contributed by atoms with Crippen LogP contribution in [-0.2, 0) is 29.6 Å². The number of ether oxygens (including phenoxy) is 1. The SMILES string of the molecule is Cc1nn(C)c(C)c1-c1c(Cl)ccc2c(CCCOc3cccc4cc(F)ccc34)c(C(=O)O)n(CCN3CCN(C4CCN(c5cc6c(cc5F)C(=O)N(C(C)CCC(=O)NC=O)C6=O)CC4)CC3)c12. The van der Waals surface area contributed by atoms with E-state index in [1.807, 2.05) is 65.4 Å². The maximum atomic E-state index is 15.7. The van der Waals surface area contributed by atoms with Crippen molar-refractivity contribution in [3.63, 3.8) is 0 Å². The maximum Gasteiger partial charge on any atom is 0.352 e. The number of carboxylic acids is 1. The molecular weight excluding hydrogens is 934 g/mol. The Kier molecular flexibility index (Phi) is 14.3. The smallest absolute Gasteiger partial charge is 0.352 e. The number of halogens is 3. The van der Waals surface area contributed by atoms with E-state index in [2.05, 4.69) is 15.1 Å². The van der Waals surface area contributed by atoms with E-state index in [9.17, 15) is 33.5 Å². The van der Waals surface area contributed by atoms with Gasteiger partial charge in [0.1, 0.15) is 23.1 Å². The van der Waals surface area contributed by atoms with Gasteiger partial charge in [-0.15, -0.1) is 0 Å². The number of carboxylic acid groups (broad SMARTS) is 1. The summed E-state index contributed by atoms with van der Waals surface area (Å²) in [6, 6.07) is 16.1. The van der Waals surface area contributed by atoms with Crippen LogP contribution in [0, 0.1) is 25.5 Å². The summed E-state index contributed by atoms with van der Waals surface area (Å²) in [6.07, 6.45) is 2.89. The summed E-state index contributed by atoms with van der Waals surface area (Å²) < 4.78 is 39.6. The molecule has 0 radical (unpaired) electrons. The van der Waals surface area contributed by atoms with Crippen molar-refractivity contribution in [2.24, 2.45) is 7.05 Å². The fourth-order valence-corrected chi connectivity index (χ4v) is 11.2. The number of anilines is 1. The predicted octanol–water partition coefficient (Wildman–Crippen LogP) is 7.78. The van der Waals surface area contributed by atoms with Crippen molar-refractivity contribution in [2.45, 2.75) is 77.9 Å². The summed E-state index contributed by atoms with van der Waals surface area (Å²) in [5.74, 6) is -2.95. The number of piperazine rings is 1. The summed E-state index contributed by atoms with van der Waals surface area (Å²) >= 11 is 7.10. The second kappa shape index (κ2) is 20.6. The van der Waals surface area contributed by atoms with E-state index >= 15 is 4.39 Å². The number of carbonyl (C=O) groups excluding carboxylic acids is 4. The highest BCUT2D eigenvalue weighted by Gasteiger charge is 2.40. The highest BCUT2D eigenvalue weighted by molar-refractivity contribution is 6.35. The van der Waals surface area contributed by atoms with Crippen molar-refractivity contribution < 1.29 is 42.6 Å². The molecule has 1 unspecified atom stereocenters. The highest BCUT2D eigenvalue weighted by Crippen LogP contribution is 2.42. The van der Waals surface area contributed by atoms with E-state index in [4.69, 9.17) is 21.4 Å². The summed E-state index contributed by atoms with van der Waals surface area (Å²) in [6.45, 7) is 11.2. The van der Waals surface area contributed by atoms with Gasteiger partial charge in [0.2, 0.25) is 12.3 Å². The average Bonchev–Trinajstić information content (AvgIpc) is 3.90. The van der Waals surface area contributed by atoms with Gasteiger partial charge in [0, 0.05) is 106 Å². The second-order valence-electron chi connectivity index (χ2n) is 18.8. The molecule has 15 nitrogen and oxygen atoms in total. The zero-order valence-electron chi connectivity index (χ0n) is 40.3. The van der Waals surface area contributed by atoms with Crippen LogP contribution < -0.4 is 15.0 Å². The molecule has 6 aromatic rings. The summed E-state index contributed by atoms with van der Waals surface area (Å²) in [5, 5.41) is 20.6. The van der Waals surface area contributed by atoms with Gasteiger partial charge in [0.25, 0.3) is 11.8 Å². The number of aromatic nitrogens is 3. The maximum absolute atomic E-state index is 15.7. The molecule has 1 atom stereocenters. The zero-order chi connectivity index (χ0) is 50.2. The van der Waals surface area contributed by atoms with Crippen LogP contribution in [-0.4, -0.2) is 129 Å². The molecule has 0 saturated carbocycles. The molecule has 3 aliphatic rings. The Balaban J connectivity index is 0.869. The number of amides is 4. The monoisotopic (exact) mass is 990 g/mol. The summed E-state index contributed by atoms with van der Waals surface area (Å²) in [4.78, 5) is 70.4. The topological polar surface area (TPSA) is 163 Å². The largest absolute Gasteiger partial charge is 0.493 e. The van der Waals surface area contributed by atoms with Gasteiger partial charge in [0.15, 0.2) is 0 Å². The number of hydrogen-bond donors (Lipinski definition) is 2. The van der Waals surface area contributed by atoms with Crippen molar-refractivity contribution in [1.29, 1.82) is 0 Å². The number of nitrogens with one attached hydrogen (secondary N) is 1.